The zero-order chi connectivity index (χ0) is 14.7. The number of nitrogens with two attached hydrogens (primary N) is 1. The SMILES string of the molecule is CCc1cc(N2CCN(c3ncccc3N)CC2)ncn1. The maximum Gasteiger partial charge on any atom is 0.151 e. The Morgan fingerprint density at radius 1 is 1.10 bits per heavy atom. The van der Waals surface area contributed by atoms with Crippen LogP contribution in [0.15, 0.2) is 30.7 Å². The van der Waals surface area contributed by atoms with E-state index in [0.717, 1.165) is 55.6 Å². The zero-order valence-corrected chi connectivity index (χ0v) is 12.2. The van der Waals surface area contributed by atoms with Gasteiger partial charge in [-0.3, -0.25) is 0 Å². The van der Waals surface area contributed by atoms with Crippen LogP contribution < -0.4 is 15.5 Å². The second-order valence-electron chi connectivity index (χ2n) is 5.11. The number of nitrogen functional groups attached to an aromatic ring is 1. The first-order chi connectivity index (χ1) is 10.3. The largest absolute Gasteiger partial charge is 0.396 e. The number of hydrogen-bond acceptors (Lipinski definition) is 6. The van der Waals surface area contributed by atoms with Gasteiger partial charge in [-0.05, 0) is 18.6 Å². The monoisotopic (exact) mass is 284 g/mol. The van der Waals surface area contributed by atoms with E-state index in [1.54, 1.807) is 12.5 Å². The summed E-state index contributed by atoms with van der Waals surface area (Å²) in [6.45, 7) is 5.72. The summed E-state index contributed by atoms with van der Waals surface area (Å²) in [6, 6.07) is 5.83. The average molecular weight is 284 g/mol. The van der Waals surface area contributed by atoms with Gasteiger partial charge in [-0.1, -0.05) is 6.92 Å². The molecule has 2 aromatic rings. The topological polar surface area (TPSA) is 71.2 Å². The standard InChI is InChI=1S/C15H20N6/c1-2-12-10-14(19-11-18-12)20-6-8-21(9-7-20)15-13(16)4-3-5-17-15/h3-5,10-11H,2,6-9,16H2,1H3. The fourth-order valence-corrected chi connectivity index (χ4v) is 2.57. The smallest absolute Gasteiger partial charge is 0.151 e. The molecule has 6 nitrogen and oxygen atoms in total. The highest BCUT2D eigenvalue weighted by Gasteiger charge is 2.20. The number of aromatic nitrogens is 3. The van der Waals surface area contributed by atoms with Gasteiger partial charge in [-0.25, -0.2) is 15.0 Å². The number of pyridine rings is 1. The van der Waals surface area contributed by atoms with E-state index in [-0.39, 0.29) is 0 Å². The number of hydrogen-bond donors (Lipinski definition) is 1. The molecule has 0 aromatic carbocycles. The molecular formula is C15H20N6. The molecule has 1 fully saturated rings. The third-order valence-corrected chi connectivity index (χ3v) is 3.79. The Morgan fingerprint density at radius 3 is 2.57 bits per heavy atom. The maximum absolute atomic E-state index is 6.00. The number of anilines is 3. The first kappa shape index (κ1) is 13.6. The van der Waals surface area contributed by atoms with Crippen molar-refractivity contribution in [3.05, 3.63) is 36.4 Å². The lowest BCUT2D eigenvalue weighted by molar-refractivity contribution is 0.641. The summed E-state index contributed by atoms with van der Waals surface area (Å²) in [6.07, 6.45) is 4.37. The molecule has 3 rings (SSSR count). The lowest BCUT2D eigenvalue weighted by atomic mass is 10.2. The average Bonchev–Trinajstić information content (AvgIpc) is 2.56. The van der Waals surface area contributed by atoms with Gasteiger partial charge >= 0.3 is 0 Å². The third kappa shape index (κ3) is 2.89. The van der Waals surface area contributed by atoms with Crippen LogP contribution in [-0.2, 0) is 6.42 Å². The van der Waals surface area contributed by atoms with Gasteiger partial charge in [0.2, 0.25) is 0 Å². The van der Waals surface area contributed by atoms with Gasteiger partial charge in [0.15, 0.2) is 5.82 Å². The number of piperazine rings is 1. The Morgan fingerprint density at radius 2 is 1.86 bits per heavy atom. The van der Waals surface area contributed by atoms with Crippen LogP contribution in [0.5, 0.6) is 0 Å². The molecule has 1 saturated heterocycles. The van der Waals surface area contributed by atoms with E-state index >= 15 is 0 Å². The van der Waals surface area contributed by atoms with Crippen LogP contribution in [0.1, 0.15) is 12.6 Å². The molecular weight excluding hydrogens is 264 g/mol. The fourth-order valence-electron chi connectivity index (χ4n) is 2.57. The summed E-state index contributed by atoms with van der Waals surface area (Å²) in [5.41, 5.74) is 7.81. The minimum Gasteiger partial charge on any atom is -0.396 e. The molecule has 21 heavy (non-hydrogen) atoms. The number of rotatable bonds is 3. The van der Waals surface area contributed by atoms with Crippen molar-refractivity contribution in [2.24, 2.45) is 0 Å². The molecule has 2 N–H and O–H groups in total. The summed E-state index contributed by atoms with van der Waals surface area (Å²) in [7, 11) is 0. The molecule has 0 unspecified atom stereocenters. The van der Waals surface area contributed by atoms with Gasteiger partial charge in [0.25, 0.3) is 0 Å². The first-order valence-corrected chi connectivity index (χ1v) is 7.29. The highest BCUT2D eigenvalue weighted by Crippen LogP contribution is 2.22. The van der Waals surface area contributed by atoms with Crippen molar-refractivity contribution in [2.75, 3.05) is 41.7 Å². The molecule has 3 heterocycles. The van der Waals surface area contributed by atoms with Crippen LogP contribution >= 0.6 is 0 Å². The van der Waals surface area contributed by atoms with E-state index in [2.05, 4.69) is 37.7 Å². The molecule has 0 spiro atoms. The van der Waals surface area contributed by atoms with Crippen molar-refractivity contribution >= 4 is 17.3 Å². The Hall–Kier alpha value is -2.37. The summed E-state index contributed by atoms with van der Waals surface area (Å²) in [5, 5.41) is 0. The van der Waals surface area contributed by atoms with E-state index in [9.17, 15) is 0 Å². The minimum atomic E-state index is 0.737. The van der Waals surface area contributed by atoms with E-state index < -0.39 is 0 Å². The van der Waals surface area contributed by atoms with Gasteiger partial charge in [-0.15, -0.1) is 0 Å². The number of aryl methyl sites for hydroxylation is 1. The highest BCUT2D eigenvalue weighted by molar-refractivity contribution is 5.62. The molecule has 1 aliphatic heterocycles. The first-order valence-electron chi connectivity index (χ1n) is 7.29. The molecule has 0 atom stereocenters. The fraction of sp³-hybridized carbons (Fsp3) is 0.400. The van der Waals surface area contributed by atoms with E-state index in [1.165, 1.54) is 0 Å². The Bertz CT molecular complexity index is 607. The predicted octanol–water partition coefficient (Wildman–Crippen LogP) is 1.34. The number of nitrogens with zero attached hydrogens (tertiary/aromatic N) is 5. The van der Waals surface area contributed by atoms with Crippen molar-refractivity contribution in [1.29, 1.82) is 0 Å². The molecule has 1 aliphatic rings. The Kier molecular flexibility index (Phi) is 3.85. The van der Waals surface area contributed by atoms with Crippen LogP contribution in [0, 0.1) is 0 Å². The molecule has 0 aliphatic carbocycles. The van der Waals surface area contributed by atoms with Crippen molar-refractivity contribution in [1.82, 2.24) is 15.0 Å². The van der Waals surface area contributed by atoms with Crippen LogP contribution in [-0.4, -0.2) is 41.1 Å². The maximum atomic E-state index is 6.00. The van der Waals surface area contributed by atoms with E-state index in [1.807, 2.05) is 12.1 Å². The molecule has 6 heteroatoms. The third-order valence-electron chi connectivity index (χ3n) is 3.79. The van der Waals surface area contributed by atoms with Crippen LogP contribution in [0.2, 0.25) is 0 Å². The van der Waals surface area contributed by atoms with Crippen LogP contribution in [0.3, 0.4) is 0 Å². The molecule has 0 bridgehead atoms. The van der Waals surface area contributed by atoms with E-state index in [0.29, 0.717) is 0 Å². The Balaban J connectivity index is 1.69. The summed E-state index contributed by atoms with van der Waals surface area (Å²) in [4.78, 5) is 17.5. The van der Waals surface area contributed by atoms with Crippen molar-refractivity contribution in [3.63, 3.8) is 0 Å². The molecule has 110 valence electrons. The van der Waals surface area contributed by atoms with Gasteiger partial charge in [0, 0.05) is 44.1 Å². The van der Waals surface area contributed by atoms with Crippen molar-refractivity contribution in [2.45, 2.75) is 13.3 Å². The molecule has 0 radical (unpaired) electrons. The highest BCUT2D eigenvalue weighted by atomic mass is 15.3. The lowest BCUT2D eigenvalue weighted by Gasteiger charge is -2.36. The van der Waals surface area contributed by atoms with Crippen LogP contribution in [0.25, 0.3) is 0 Å². The second kappa shape index (κ2) is 5.95. The second-order valence-corrected chi connectivity index (χ2v) is 5.11. The normalized spacial score (nSPS) is 15.3. The molecule has 0 saturated carbocycles. The Labute approximate surface area is 124 Å². The van der Waals surface area contributed by atoms with Gasteiger partial charge in [0.05, 0.1) is 5.69 Å². The van der Waals surface area contributed by atoms with Crippen LogP contribution in [0.4, 0.5) is 17.3 Å². The zero-order valence-electron chi connectivity index (χ0n) is 12.2. The molecule has 0 amide bonds. The van der Waals surface area contributed by atoms with Gasteiger partial charge < -0.3 is 15.5 Å². The predicted molar refractivity (Wildman–Crippen MR) is 84.5 cm³/mol. The van der Waals surface area contributed by atoms with E-state index in [4.69, 9.17) is 5.73 Å². The summed E-state index contributed by atoms with van der Waals surface area (Å²) < 4.78 is 0. The van der Waals surface area contributed by atoms with Gasteiger partial charge in [-0.2, -0.15) is 0 Å². The summed E-state index contributed by atoms with van der Waals surface area (Å²) >= 11 is 0. The summed E-state index contributed by atoms with van der Waals surface area (Å²) in [5.74, 6) is 1.89. The lowest BCUT2D eigenvalue weighted by Crippen LogP contribution is -2.47. The molecule has 2 aromatic heterocycles. The quantitative estimate of drug-likeness (QED) is 0.917. The van der Waals surface area contributed by atoms with Gasteiger partial charge in [0.1, 0.15) is 12.1 Å². The minimum absolute atomic E-state index is 0.737. The van der Waals surface area contributed by atoms with Crippen molar-refractivity contribution < 1.29 is 0 Å². The van der Waals surface area contributed by atoms with Crippen molar-refractivity contribution in [3.8, 4) is 0 Å².